The molecule has 178 valence electrons. The Kier molecular flexibility index (Phi) is 7.78. The number of esters is 1. The Balaban J connectivity index is 1.86. The molecule has 0 unspecified atom stereocenters. The number of rotatable bonds is 10. The number of hydrogen-bond donors (Lipinski definition) is 1. The lowest BCUT2D eigenvalue weighted by Gasteiger charge is -2.16. The molecule has 1 heterocycles. The smallest absolute Gasteiger partial charge is 0.340 e. The highest BCUT2D eigenvalue weighted by molar-refractivity contribution is 5.97. The van der Waals surface area contributed by atoms with E-state index in [1.165, 1.54) is 5.56 Å². The van der Waals surface area contributed by atoms with Gasteiger partial charge in [-0.2, -0.15) is 0 Å². The molecule has 0 aliphatic heterocycles. The highest BCUT2D eigenvalue weighted by Gasteiger charge is 2.23. The summed E-state index contributed by atoms with van der Waals surface area (Å²) in [4.78, 5) is 24.2. The summed E-state index contributed by atoms with van der Waals surface area (Å²) >= 11 is 0. The Labute approximate surface area is 205 Å². The molecule has 0 atom stereocenters. The van der Waals surface area contributed by atoms with Crippen LogP contribution in [-0.4, -0.2) is 28.2 Å². The number of aryl methyl sites for hydroxylation is 3. The maximum absolute atomic E-state index is 13.1. The number of carbonyl (C=O) groups excluding carboxylic acids is 1. The normalized spacial score (nSPS) is 10.8. The second-order valence-electron chi connectivity index (χ2n) is 8.37. The van der Waals surface area contributed by atoms with Gasteiger partial charge in [0, 0.05) is 17.8 Å². The van der Waals surface area contributed by atoms with E-state index in [0.29, 0.717) is 18.6 Å². The lowest BCUT2D eigenvalue weighted by atomic mass is 10.1. The molecule has 4 aromatic rings. The molecule has 35 heavy (non-hydrogen) atoms. The monoisotopic (exact) mass is 467 g/mol. The fourth-order valence-corrected chi connectivity index (χ4v) is 4.31. The molecule has 0 aliphatic carbocycles. The van der Waals surface area contributed by atoms with Crippen LogP contribution < -0.4 is 0 Å². The van der Waals surface area contributed by atoms with Crippen LogP contribution in [0.1, 0.15) is 40.5 Å². The standard InChI is InChI=1S/C30H29NO4/c1-2-35-30(34)27-21-26(18-16-22-10-5-3-6-11-22)31(29(27)24-13-7-4-8-14-24)25-15-9-12-23(20-25)17-19-28(32)33/h3-15,20-21H,2,16-19H2,1H3,(H,32,33). The van der Waals surface area contributed by atoms with E-state index in [-0.39, 0.29) is 12.4 Å². The average molecular weight is 468 g/mol. The summed E-state index contributed by atoms with van der Waals surface area (Å²) in [7, 11) is 0. The molecular weight excluding hydrogens is 438 g/mol. The van der Waals surface area contributed by atoms with E-state index in [2.05, 4.69) is 16.7 Å². The van der Waals surface area contributed by atoms with Crippen molar-refractivity contribution in [1.29, 1.82) is 0 Å². The summed E-state index contributed by atoms with van der Waals surface area (Å²) in [6.07, 6.45) is 2.05. The van der Waals surface area contributed by atoms with Crippen LogP contribution in [0, 0.1) is 0 Å². The van der Waals surface area contributed by atoms with Crippen molar-refractivity contribution in [2.75, 3.05) is 6.61 Å². The zero-order chi connectivity index (χ0) is 24.6. The molecule has 0 aliphatic rings. The Hall–Kier alpha value is -4.12. The Morgan fingerprint density at radius 2 is 1.49 bits per heavy atom. The first-order valence-corrected chi connectivity index (χ1v) is 11.9. The molecule has 1 aromatic heterocycles. The Morgan fingerprint density at radius 3 is 2.17 bits per heavy atom. The molecule has 5 nitrogen and oxygen atoms in total. The number of carbonyl (C=O) groups is 2. The number of aromatic nitrogens is 1. The van der Waals surface area contributed by atoms with E-state index in [1.807, 2.05) is 78.9 Å². The lowest BCUT2D eigenvalue weighted by molar-refractivity contribution is -0.136. The first kappa shape index (κ1) is 24.0. The van der Waals surface area contributed by atoms with Gasteiger partial charge in [-0.15, -0.1) is 0 Å². The second kappa shape index (κ2) is 11.3. The van der Waals surface area contributed by atoms with Gasteiger partial charge < -0.3 is 14.4 Å². The Morgan fingerprint density at radius 1 is 0.800 bits per heavy atom. The average Bonchev–Trinajstić information content (AvgIpc) is 3.27. The van der Waals surface area contributed by atoms with E-state index in [0.717, 1.165) is 41.0 Å². The van der Waals surface area contributed by atoms with Crippen molar-refractivity contribution >= 4 is 11.9 Å². The minimum absolute atomic E-state index is 0.0651. The van der Waals surface area contributed by atoms with Crippen LogP contribution in [0.2, 0.25) is 0 Å². The van der Waals surface area contributed by atoms with Gasteiger partial charge in [0.15, 0.2) is 0 Å². The van der Waals surface area contributed by atoms with Crippen molar-refractivity contribution in [1.82, 2.24) is 4.57 Å². The number of hydrogen-bond acceptors (Lipinski definition) is 3. The van der Waals surface area contributed by atoms with E-state index < -0.39 is 5.97 Å². The molecular formula is C30H29NO4. The van der Waals surface area contributed by atoms with Gasteiger partial charge in [-0.1, -0.05) is 72.8 Å². The van der Waals surface area contributed by atoms with Gasteiger partial charge in [0.25, 0.3) is 0 Å². The van der Waals surface area contributed by atoms with Crippen LogP contribution in [0.15, 0.2) is 91.0 Å². The van der Waals surface area contributed by atoms with Crippen LogP contribution in [0.4, 0.5) is 0 Å². The van der Waals surface area contributed by atoms with Crippen molar-refractivity contribution in [2.45, 2.75) is 32.6 Å². The van der Waals surface area contributed by atoms with Gasteiger partial charge in [-0.25, -0.2) is 4.79 Å². The third kappa shape index (κ3) is 5.87. The molecule has 0 amide bonds. The summed E-state index contributed by atoms with van der Waals surface area (Å²) in [6.45, 7) is 2.10. The van der Waals surface area contributed by atoms with Crippen LogP contribution in [0.25, 0.3) is 16.9 Å². The van der Waals surface area contributed by atoms with Gasteiger partial charge in [-0.3, -0.25) is 4.79 Å². The van der Waals surface area contributed by atoms with Gasteiger partial charge >= 0.3 is 11.9 Å². The summed E-state index contributed by atoms with van der Waals surface area (Å²) < 4.78 is 7.55. The van der Waals surface area contributed by atoms with E-state index >= 15 is 0 Å². The molecule has 0 fully saturated rings. The van der Waals surface area contributed by atoms with Crippen LogP contribution in [-0.2, 0) is 28.8 Å². The van der Waals surface area contributed by atoms with Crippen molar-refractivity contribution in [3.8, 4) is 16.9 Å². The predicted molar refractivity (Wildman–Crippen MR) is 137 cm³/mol. The number of aliphatic carboxylic acids is 1. The van der Waals surface area contributed by atoms with Gasteiger partial charge in [-0.05, 0) is 61.1 Å². The fraction of sp³-hybridized carbons (Fsp3) is 0.200. The van der Waals surface area contributed by atoms with E-state index in [9.17, 15) is 9.59 Å². The van der Waals surface area contributed by atoms with Crippen molar-refractivity contribution < 1.29 is 19.4 Å². The van der Waals surface area contributed by atoms with Crippen molar-refractivity contribution in [3.63, 3.8) is 0 Å². The minimum Gasteiger partial charge on any atom is -0.481 e. The molecule has 0 saturated carbocycles. The molecule has 5 heteroatoms. The summed E-state index contributed by atoms with van der Waals surface area (Å²) in [5.41, 5.74) is 6.26. The van der Waals surface area contributed by atoms with Gasteiger partial charge in [0.05, 0.1) is 17.9 Å². The van der Waals surface area contributed by atoms with Crippen molar-refractivity contribution in [3.05, 3.63) is 113 Å². The van der Waals surface area contributed by atoms with E-state index in [4.69, 9.17) is 9.84 Å². The fourth-order valence-electron chi connectivity index (χ4n) is 4.31. The van der Waals surface area contributed by atoms with Gasteiger partial charge in [0.1, 0.15) is 0 Å². The van der Waals surface area contributed by atoms with Gasteiger partial charge in [0.2, 0.25) is 0 Å². The largest absolute Gasteiger partial charge is 0.481 e. The number of nitrogens with zero attached hydrogens (tertiary/aromatic N) is 1. The number of benzene rings is 3. The zero-order valence-corrected chi connectivity index (χ0v) is 19.8. The number of carboxylic acid groups (broad SMARTS) is 1. The SMILES string of the molecule is CCOC(=O)c1cc(CCc2ccccc2)n(-c2cccc(CCC(=O)O)c2)c1-c1ccccc1. The highest BCUT2D eigenvalue weighted by atomic mass is 16.5. The highest BCUT2D eigenvalue weighted by Crippen LogP contribution is 2.33. The summed E-state index contributed by atoms with van der Waals surface area (Å²) in [6, 6.07) is 29.9. The molecule has 0 radical (unpaired) electrons. The van der Waals surface area contributed by atoms with Crippen LogP contribution >= 0.6 is 0 Å². The van der Waals surface area contributed by atoms with Crippen molar-refractivity contribution in [2.24, 2.45) is 0 Å². The molecule has 1 N–H and O–H groups in total. The maximum Gasteiger partial charge on any atom is 0.340 e. The second-order valence-corrected chi connectivity index (χ2v) is 8.37. The molecule has 4 rings (SSSR count). The van der Waals surface area contributed by atoms with Crippen LogP contribution in [0.3, 0.4) is 0 Å². The molecule has 0 bridgehead atoms. The molecule has 0 saturated heterocycles. The molecule has 3 aromatic carbocycles. The quantitative estimate of drug-likeness (QED) is 0.285. The number of carboxylic acids is 1. The summed E-state index contributed by atoms with van der Waals surface area (Å²) in [5.74, 6) is -1.18. The lowest BCUT2D eigenvalue weighted by Crippen LogP contribution is -2.08. The Bertz CT molecular complexity index is 1290. The first-order chi connectivity index (χ1) is 17.1. The third-order valence-electron chi connectivity index (χ3n) is 5.93. The topological polar surface area (TPSA) is 68.5 Å². The van der Waals surface area contributed by atoms with Crippen LogP contribution in [0.5, 0.6) is 0 Å². The summed E-state index contributed by atoms with van der Waals surface area (Å²) in [5, 5.41) is 9.13. The maximum atomic E-state index is 13.1. The third-order valence-corrected chi connectivity index (χ3v) is 5.93. The molecule has 0 spiro atoms. The number of ether oxygens (including phenoxy) is 1. The minimum atomic E-state index is -0.825. The zero-order valence-electron chi connectivity index (χ0n) is 19.8. The van der Waals surface area contributed by atoms with E-state index in [1.54, 1.807) is 6.92 Å². The first-order valence-electron chi connectivity index (χ1n) is 11.9. The predicted octanol–water partition coefficient (Wildman–Crippen LogP) is 6.12.